The summed E-state index contributed by atoms with van der Waals surface area (Å²) in [6.07, 6.45) is 0.734. The standard InChI is InChI=1S/C28H35N7O/c1-3-32(2)26-24-21-35(28(36)29-20-22-10-6-4-7-11-22)15-14-25(24)30-27(31-26)34-18-16-33(17-19-34)23-12-8-5-9-13-23/h4-13H,3,14-21H2,1-2H3,(H,29,36). The van der Waals surface area contributed by atoms with Crippen LogP contribution >= 0.6 is 0 Å². The molecule has 2 aliphatic heterocycles. The zero-order valence-electron chi connectivity index (χ0n) is 21.2. The van der Waals surface area contributed by atoms with Crippen LogP contribution in [0.25, 0.3) is 0 Å². The third kappa shape index (κ3) is 5.22. The molecule has 1 N–H and O–H groups in total. The highest BCUT2D eigenvalue weighted by atomic mass is 16.2. The van der Waals surface area contributed by atoms with Gasteiger partial charge >= 0.3 is 6.03 Å². The number of rotatable bonds is 6. The second-order valence-electron chi connectivity index (χ2n) is 9.41. The van der Waals surface area contributed by atoms with Crippen molar-refractivity contribution in [1.82, 2.24) is 20.2 Å². The van der Waals surface area contributed by atoms with Gasteiger partial charge in [0.05, 0.1) is 12.2 Å². The van der Waals surface area contributed by atoms with Gasteiger partial charge < -0.3 is 24.9 Å². The highest BCUT2D eigenvalue weighted by Gasteiger charge is 2.28. The van der Waals surface area contributed by atoms with E-state index in [1.165, 1.54) is 5.69 Å². The van der Waals surface area contributed by atoms with Crippen LogP contribution in [0.15, 0.2) is 60.7 Å². The zero-order chi connectivity index (χ0) is 24.9. The first-order valence-corrected chi connectivity index (χ1v) is 12.8. The van der Waals surface area contributed by atoms with Crippen molar-refractivity contribution in [2.75, 3.05) is 61.0 Å². The van der Waals surface area contributed by atoms with E-state index in [0.29, 0.717) is 19.6 Å². The van der Waals surface area contributed by atoms with E-state index in [4.69, 9.17) is 9.97 Å². The Morgan fingerprint density at radius 1 is 0.917 bits per heavy atom. The van der Waals surface area contributed by atoms with Crippen molar-refractivity contribution in [2.24, 2.45) is 0 Å². The molecule has 8 nitrogen and oxygen atoms in total. The number of aromatic nitrogens is 2. The van der Waals surface area contributed by atoms with E-state index in [0.717, 1.165) is 67.7 Å². The van der Waals surface area contributed by atoms with E-state index in [-0.39, 0.29) is 6.03 Å². The Morgan fingerprint density at radius 2 is 1.58 bits per heavy atom. The van der Waals surface area contributed by atoms with Gasteiger partial charge in [0.25, 0.3) is 0 Å². The van der Waals surface area contributed by atoms with Gasteiger partial charge in [0.1, 0.15) is 5.82 Å². The Balaban J connectivity index is 1.29. The van der Waals surface area contributed by atoms with Gasteiger partial charge in [-0.3, -0.25) is 0 Å². The van der Waals surface area contributed by atoms with Gasteiger partial charge in [0.2, 0.25) is 5.95 Å². The summed E-state index contributed by atoms with van der Waals surface area (Å²) in [7, 11) is 2.06. The molecule has 1 aromatic heterocycles. The fourth-order valence-electron chi connectivity index (χ4n) is 4.85. The monoisotopic (exact) mass is 485 g/mol. The SMILES string of the molecule is CCN(C)c1nc(N2CCN(c3ccccc3)CC2)nc2c1CN(C(=O)NCc1ccccc1)CC2. The largest absolute Gasteiger partial charge is 0.368 e. The third-order valence-corrected chi connectivity index (χ3v) is 7.12. The van der Waals surface area contributed by atoms with Gasteiger partial charge in [-0.1, -0.05) is 48.5 Å². The van der Waals surface area contributed by atoms with Gasteiger partial charge in [0, 0.05) is 70.5 Å². The Morgan fingerprint density at radius 3 is 2.28 bits per heavy atom. The molecule has 5 rings (SSSR count). The minimum Gasteiger partial charge on any atom is -0.368 e. The summed E-state index contributed by atoms with van der Waals surface area (Å²) in [4.78, 5) is 31.7. The van der Waals surface area contributed by atoms with E-state index in [1.54, 1.807) is 0 Å². The van der Waals surface area contributed by atoms with Crippen LogP contribution in [0.4, 0.5) is 22.2 Å². The molecule has 3 heterocycles. The van der Waals surface area contributed by atoms with Crippen LogP contribution in [0.3, 0.4) is 0 Å². The van der Waals surface area contributed by atoms with Crippen LogP contribution in [0.1, 0.15) is 23.7 Å². The summed E-state index contributed by atoms with van der Waals surface area (Å²) < 4.78 is 0. The van der Waals surface area contributed by atoms with E-state index in [1.807, 2.05) is 35.2 Å². The summed E-state index contributed by atoms with van der Waals surface area (Å²) in [6.45, 7) is 8.32. The molecule has 0 spiro atoms. The summed E-state index contributed by atoms with van der Waals surface area (Å²) in [5.74, 6) is 1.74. The minimum absolute atomic E-state index is 0.0456. The lowest BCUT2D eigenvalue weighted by molar-refractivity contribution is 0.191. The summed E-state index contributed by atoms with van der Waals surface area (Å²) in [6, 6.07) is 20.5. The molecular formula is C28H35N7O. The quantitative estimate of drug-likeness (QED) is 0.576. The second kappa shape index (κ2) is 10.8. The van der Waals surface area contributed by atoms with Crippen molar-refractivity contribution < 1.29 is 4.79 Å². The number of hydrogen-bond donors (Lipinski definition) is 1. The first kappa shape index (κ1) is 23.9. The van der Waals surface area contributed by atoms with Crippen molar-refractivity contribution in [2.45, 2.75) is 26.4 Å². The molecule has 1 saturated heterocycles. The first-order valence-electron chi connectivity index (χ1n) is 12.8. The average Bonchev–Trinajstić information content (AvgIpc) is 2.95. The Bertz CT molecular complexity index is 1160. The number of hydrogen-bond acceptors (Lipinski definition) is 6. The predicted molar refractivity (Wildman–Crippen MR) is 145 cm³/mol. The number of carbonyl (C=O) groups is 1. The molecule has 0 aliphatic carbocycles. The topological polar surface area (TPSA) is 67.8 Å². The molecule has 188 valence electrons. The van der Waals surface area contributed by atoms with Crippen LogP contribution < -0.4 is 20.0 Å². The highest BCUT2D eigenvalue weighted by Crippen LogP contribution is 2.29. The average molecular weight is 486 g/mol. The second-order valence-corrected chi connectivity index (χ2v) is 9.41. The molecule has 0 bridgehead atoms. The van der Waals surface area contributed by atoms with E-state index in [2.05, 4.69) is 64.3 Å². The molecule has 8 heteroatoms. The van der Waals surface area contributed by atoms with E-state index >= 15 is 0 Å². The Labute approximate surface area is 213 Å². The maximum absolute atomic E-state index is 12.9. The number of para-hydroxylation sites is 1. The number of benzene rings is 2. The van der Waals surface area contributed by atoms with Crippen LogP contribution in [-0.2, 0) is 19.5 Å². The third-order valence-electron chi connectivity index (χ3n) is 7.12. The van der Waals surface area contributed by atoms with Gasteiger partial charge in [-0.05, 0) is 24.6 Å². The minimum atomic E-state index is -0.0456. The van der Waals surface area contributed by atoms with Gasteiger partial charge in [0.15, 0.2) is 0 Å². The number of piperazine rings is 1. The van der Waals surface area contributed by atoms with Gasteiger partial charge in [-0.2, -0.15) is 4.98 Å². The lowest BCUT2D eigenvalue weighted by atomic mass is 10.1. The molecular weight excluding hydrogens is 450 g/mol. The number of amides is 2. The van der Waals surface area contributed by atoms with Crippen molar-refractivity contribution >= 4 is 23.5 Å². The Hall–Kier alpha value is -3.81. The molecule has 0 saturated carbocycles. The predicted octanol–water partition coefficient (Wildman–Crippen LogP) is 3.53. The number of nitrogens with zero attached hydrogens (tertiary/aromatic N) is 6. The van der Waals surface area contributed by atoms with Crippen LogP contribution in [-0.4, -0.2) is 67.2 Å². The zero-order valence-corrected chi connectivity index (χ0v) is 21.2. The van der Waals surface area contributed by atoms with Crippen molar-refractivity contribution in [3.8, 4) is 0 Å². The van der Waals surface area contributed by atoms with Crippen LogP contribution in [0.2, 0.25) is 0 Å². The molecule has 0 radical (unpaired) electrons. The van der Waals surface area contributed by atoms with Crippen LogP contribution in [0, 0.1) is 0 Å². The molecule has 1 fully saturated rings. The highest BCUT2D eigenvalue weighted by molar-refractivity contribution is 5.75. The normalized spacial score (nSPS) is 15.4. The first-order chi connectivity index (χ1) is 17.6. The number of fused-ring (bicyclic) bond motifs is 1. The molecule has 2 aromatic carbocycles. The maximum atomic E-state index is 12.9. The lowest BCUT2D eigenvalue weighted by Crippen LogP contribution is -2.47. The number of carbonyl (C=O) groups excluding carboxylic acids is 1. The number of nitrogens with one attached hydrogen (secondary N) is 1. The molecule has 0 atom stereocenters. The van der Waals surface area contributed by atoms with Crippen molar-refractivity contribution in [3.05, 3.63) is 77.5 Å². The van der Waals surface area contributed by atoms with E-state index in [9.17, 15) is 4.79 Å². The fraction of sp³-hybridized carbons (Fsp3) is 0.393. The lowest BCUT2D eigenvalue weighted by Gasteiger charge is -2.37. The van der Waals surface area contributed by atoms with Crippen molar-refractivity contribution in [3.63, 3.8) is 0 Å². The van der Waals surface area contributed by atoms with Gasteiger partial charge in [-0.25, -0.2) is 9.78 Å². The Kier molecular flexibility index (Phi) is 7.21. The molecule has 0 unspecified atom stereocenters. The summed E-state index contributed by atoms with van der Waals surface area (Å²) in [5, 5.41) is 3.06. The fourth-order valence-corrected chi connectivity index (χ4v) is 4.85. The maximum Gasteiger partial charge on any atom is 0.317 e. The number of urea groups is 1. The van der Waals surface area contributed by atoms with Crippen molar-refractivity contribution in [1.29, 1.82) is 0 Å². The summed E-state index contributed by atoms with van der Waals surface area (Å²) in [5.41, 5.74) is 4.48. The summed E-state index contributed by atoms with van der Waals surface area (Å²) >= 11 is 0. The van der Waals surface area contributed by atoms with E-state index < -0.39 is 0 Å². The van der Waals surface area contributed by atoms with Crippen LogP contribution in [0.5, 0.6) is 0 Å². The molecule has 2 amide bonds. The smallest absolute Gasteiger partial charge is 0.317 e. The molecule has 3 aromatic rings. The molecule has 2 aliphatic rings. The van der Waals surface area contributed by atoms with Gasteiger partial charge in [-0.15, -0.1) is 0 Å². The molecule has 36 heavy (non-hydrogen) atoms. The number of anilines is 3.